The van der Waals surface area contributed by atoms with Gasteiger partial charge in [-0.15, -0.1) is 0 Å². The molecule has 1 unspecified atom stereocenters. The molecule has 1 atom stereocenters. The van der Waals surface area contributed by atoms with E-state index in [-0.39, 0.29) is 31.1 Å². The minimum atomic E-state index is -0.798. The molecule has 0 rings (SSSR count). The van der Waals surface area contributed by atoms with Crippen molar-refractivity contribution in [1.82, 2.24) is 0 Å². The van der Waals surface area contributed by atoms with Crippen LogP contribution in [0.25, 0.3) is 0 Å². The maximum Gasteiger partial charge on any atom is 0.306 e. The van der Waals surface area contributed by atoms with Crippen LogP contribution in [0.15, 0.2) is 109 Å². The second-order valence-electron chi connectivity index (χ2n) is 22.7. The van der Waals surface area contributed by atoms with Crippen LogP contribution in [0, 0.1) is 0 Å². The SMILES string of the molecule is CC/C=C\C/C=C\C/C=C\C/C=C\CCCCCCC(=O)OC(COC(=O)CCCCCCC/C=C\C/C=C\CCC)COC(=O)CCCCCCCCCCCCCCCCCCCC/C=C\C/C=C\C/C=C\CCCCCCC. The Morgan fingerprint density at radius 1 is 0.259 bits per heavy atom. The predicted molar refractivity (Wildman–Crippen MR) is 353 cm³/mol. The van der Waals surface area contributed by atoms with Crippen molar-refractivity contribution in [3.05, 3.63) is 109 Å². The van der Waals surface area contributed by atoms with Crippen LogP contribution >= 0.6 is 0 Å². The molecule has 0 spiro atoms. The van der Waals surface area contributed by atoms with Gasteiger partial charge in [-0.3, -0.25) is 14.4 Å². The number of unbranched alkanes of at least 4 members (excludes halogenated alkanes) is 33. The van der Waals surface area contributed by atoms with E-state index >= 15 is 0 Å². The summed E-state index contributed by atoms with van der Waals surface area (Å²) in [6.45, 7) is 6.44. The van der Waals surface area contributed by atoms with Crippen molar-refractivity contribution >= 4 is 17.9 Å². The molecule has 0 aliphatic heterocycles. The molecule has 0 aliphatic carbocycles. The van der Waals surface area contributed by atoms with Gasteiger partial charge in [0, 0.05) is 19.3 Å². The summed E-state index contributed by atoms with van der Waals surface area (Å²) >= 11 is 0. The average Bonchev–Trinajstić information content (AvgIpc) is 3.46. The quantitative estimate of drug-likeness (QED) is 0.0261. The van der Waals surface area contributed by atoms with E-state index in [2.05, 4.69) is 130 Å². The highest BCUT2D eigenvalue weighted by molar-refractivity contribution is 5.71. The summed E-state index contributed by atoms with van der Waals surface area (Å²) in [5, 5.41) is 0. The van der Waals surface area contributed by atoms with E-state index in [4.69, 9.17) is 14.2 Å². The predicted octanol–water partition coefficient (Wildman–Crippen LogP) is 23.8. The number of esters is 3. The maximum atomic E-state index is 12.9. The van der Waals surface area contributed by atoms with Gasteiger partial charge in [0.2, 0.25) is 0 Å². The molecule has 0 aliphatic rings. The highest BCUT2D eigenvalue weighted by Crippen LogP contribution is 2.17. The molecule has 6 nitrogen and oxygen atoms in total. The molecular formula is C75H128O6. The Morgan fingerprint density at radius 3 is 0.802 bits per heavy atom. The third kappa shape index (κ3) is 66.8. The fourth-order valence-electron chi connectivity index (χ4n) is 9.60. The highest BCUT2D eigenvalue weighted by Gasteiger charge is 2.19. The Morgan fingerprint density at radius 2 is 0.506 bits per heavy atom. The number of rotatable bonds is 62. The van der Waals surface area contributed by atoms with Crippen LogP contribution in [0.1, 0.15) is 329 Å². The lowest BCUT2D eigenvalue weighted by molar-refractivity contribution is -0.167. The van der Waals surface area contributed by atoms with Gasteiger partial charge in [-0.2, -0.15) is 0 Å². The molecule has 0 aromatic rings. The molecule has 0 aromatic carbocycles. The molecule has 0 aromatic heterocycles. The van der Waals surface area contributed by atoms with Crippen molar-refractivity contribution in [2.24, 2.45) is 0 Å². The lowest BCUT2D eigenvalue weighted by Crippen LogP contribution is -2.30. The molecule has 0 saturated heterocycles. The average molecular weight is 1130 g/mol. The second kappa shape index (κ2) is 68.6. The molecule has 0 fully saturated rings. The van der Waals surface area contributed by atoms with E-state index in [1.165, 1.54) is 148 Å². The standard InChI is InChI=1S/C75H128O6/c1-4-7-10-13-16-19-22-25-27-29-30-31-32-33-34-35-36-37-38-39-40-41-42-43-44-46-47-50-53-56-59-62-65-68-74(77)80-71-72(70-79-73(76)67-64-61-58-55-52-49-24-21-18-15-12-9-6-3)81-75(78)69-66-63-60-57-54-51-48-45-28-26-23-20-17-14-11-8-5-2/h8,11-12,15,17,20-22,24-26,28-30,32-33,48,51,72H,4-7,9-10,13-14,16,18-19,23,27,31,34-47,49-50,52-71H2,1-3H3/b11-8-,15-12-,20-17-,24-21-,25-22-,28-26-,30-29-,33-32-,51-48-. The van der Waals surface area contributed by atoms with E-state index in [0.717, 1.165) is 141 Å². The van der Waals surface area contributed by atoms with E-state index in [1.54, 1.807) is 0 Å². The van der Waals surface area contributed by atoms with Gasteiger partial charge in [-0.1, -0.05) is 297 Å². The number of ether oxygens (including phenoxy) is 3. The van der Waals surface area contributed by atoms with Crippen molar-refractivity contribution < 1.29 is 28.6 Å². The summed E-state index contributed by atoms with van der Waals surface area (Å²) in [6.07, 6.45) is 94.1. The smallest absolute Gasteiger partial charge is 0.306 e. The van der Waals surface area contributed by atoms with Crippen LogP contribution in [0.4, 0.5) is 0 Å². The summed E-state index contributed by atoms with van der Waals surface area (Å²) < 4.78 is 16.9. The van der Waals surface area contributed by atoms with Gasteiger partial charge in [0.1, 0.15) is 13.2 Å². The van der Waals surface area contributed by atoms with E-state index in [9.17, 15) is 14.4 Å². The lowest BCUT2D eigenvalue weighted by atomic mass is 10.0. The minimum Gasteiger partial charge on any atom is -0.462 e. The Kier molecular flexibility index (Phi) is 65.2. The fraction of sp³-hybridized carbons (Fsp3) is 0.720. The summed E-state index contributed by atoms with van der Waals surface area (Å²) in [6, 6.07) is 0. The summed E-state index contributed by atoms with van der Waals surface area (Å²) in [5.41, 5.74) is 0. The first kappa shape index (κ1) is 77.1. The largest absolute Gasteiger partial charge is 0.462 e. The van der Waals surface area contributed by atoms with Gasteiger partial charge in [-0.25, -0.2) is 0 Å². The van der Waals surface area contributed by atoms with E-state index in [1.807, 2.05) is 0 Å². The first-order valence-electron chi connectivity index (χ1n) is 34.4. The fourth-order valence-corrected chi connectivity index (χ4v) is 9.60. The van der Waals surface area contributed by atoms with Crippen molar-refractivity contribution in [3.8, 4) is 0 Å². The van der Waals surface area contributed by atoms with E-state index < -0.39 is 6.10 Å². The molecule has 0 amide bonds. The molecule has 81 heavy (non-hydrogen) atoms. The monoisotopic (exact) mass is 1120 g/mol. The molecule has 0 bridgehead atoms. The van der Waals surface area contributed by atoms with Gasteiger partial charge in [0.25, 0.3) is 0 Å². The summed E-state index contributed by atoms with van der Waals surface area (Å²) in [5.74, 6) is -0.921. The summed E-state index contributed by atoms with van der Waals surface area (Å²) in [7, 11) is 0. The molecule has 0 heterocycles. The normalized spacial score (nSPS) is 12.8. The molecule has 464 valence electrons. The zero-order valence-corrected chi connectivity index (χ0v) is 53.3. The molecule has 0 saturated carbocycles. The number of hydrogen-bond acceptors (Lipinski definition) is 6. The topological polar surface area (TPSA) is 78.9 Å². The first-order valence-corrected chi connectivity index (χ1v) is 34.4. The molecular weight excluding hydrogens is 997 g/mol. The van der Waals surface area contributed by atoms with Crippen molar-refractivity contribution in [2.45, 2.75) is 335 Å². The third-order valence-corrected chi connectivity index (χ3v) is 14.7. The van der Waals surface area contributed by atoms with Crippen LogP contribution in [-0.4, -0.2) is 37.2 Å². The zero-order chi connectivity index (χ0) is 58.5. The third-order valence-electron chi connectivity index (χ3n) is 14.7. The Hall–Kier alpha value is -3.93. The van der Waals surface area contributed by atoms with Gasteiger partial charge in [0.15, 0.2) is 6.10 Å². The Balaban J connectivity index is 4.20. The van der Waals surface area contributed by atoms with E-state index in [0.29, 0.717) is 19.3 Å². The summed E-state index contributed by atoms with van der Waals surface area (Å²) in [4.78, 5) is 38.3. The van der Waals surface area contributed by atoms with Crippen molar-refractivity contribution in [2.75, 3.05) is 13.2 Å². The van der Waals surface area contributed by atoms with Crippen LogP contribution in [0.5, 0.6) is 0 Å². The highest BCUT2D eigenvalue weighted by atomic mass is 16.6. The Bertz CT molecular complexity index is 1620. The number of hydrogen-bond donors (Lipinski definition) is 0. The van der Waals surface area contributed by atoms with Gasteiger partial charge >= 0.3 is 17.9 Å². The zero-order valence-electron chi connectivity index (χ0n) is 53.3. The minimum absolute atomic E-state index is 0.0915. The first-order chi connectivity index (χ1) is 40.0. The van der Waals surface area contributed by atoms with Crippen LogP contribution in [-0.2, 0) is 28.6 Å². The number of allylic oxidation sites excluding steroid dienone is 18. The molecule has 6 heteroatoms. The maximum absolute atomic E-state index is 12.9. The van der Waals surface area contributed by atoms with Gasteiger partial charge in [-0.05, 0) is 122 Å². The van der Waals surface area contributed by atoms with Crippen LogP contribution < -0.4 is 0 Å². The number of carbonyl (C=O) groups excluding carboxylic acids is 3. The molecule has 0 radical (unpaired) electrons. The Labute approximate surface area is 501 Å². The number of carbonyl (C=O) groups is 3. The van der Waals surface area contributed by atoms with Crippen molar-refractivity contribution in [1.29, 1.82) is 0 Å². The van der Waals surface area contributed by atoms with Gasteiger partial charge < -0.3 is 14.2 Å². The van der Waals surface area contributed by atoms with Gasteiger partial charge in [0.05, 0.1) is 0 Å². The van der Waals surface area contributed by atoms with Crippen LogP contribution in [0.2, 0.25) is 0 Å². The second-order valence-corrected chi connectivity index (χ2v) is 22.7. The lowest BCUT2D eigenvalue weighted by Gasteiger charge is -2.18. The molecule has 0 N–H and O–H groups in total. The van der Waals surface area contributed by atoms with Crippen molar-refractivity contribution in [3.63, 3.8) is 0 Å². The van der Waals surface area contributed by atoms with Crippen LogP contribution in [0.3, 0.4) is 0 Å².